The van der Waals surface area contributed by atoms with Crippen LogP contribution < -0.4 is 0 Å². The van der Waals surface area contributed by atoms with E-state index in [0.29, 0.717) is 11.6 Å². The molecule has 1 fully saturated rings. The zero-order valence-corrected chi connectivity index (χ0v) is 9.82. The minimum Gasteiger partial charge on any atom is -0.506 e. The van der Waals surface area contributed by atoms with Crippen LogP contribution in [0.4, 0.5) is 5.69 Å². The van der Waals surface area contributed by atoms with Gasteiger partial charge in [-0.3, -0.25) is 4.99 Å². The molecule has 0 aromatic heterocycles. The van der Waals surface area contributed by atoms with Gasteiger partial charge in [0.25, 0.3) is 0 Å². The lowest BCUT2D eigenvalue weighted by Gasteiger charge is -2.16. The molecule has 0 atom stereocenters. The van der Waals surface area contributed by atoms with Crippen molar-refractivity contribution in [3.63, 3.8) is 0 Å². The Hall–Kier alpha value is -1.31. The fourth-order valence-corrected chi connectivity index (χ4v) is 2.21. The molecule has 0 heterocycles. The molecule has 0 radical (unpaired) electrons. The maximum absolute atomic E-state index is 9.65. The Kier molecular flexibility index (Phi) is 3.60. The average Bonchev–Trinajstić information content (AvgIpc) is 2.32. The summed E-state index contributed by atoms with van der Waals surface area (Å²) in [4.78, 5) is 4.42. The van der Waals surface area contributed by atoms with Crippen molar-refractivity contribution in [2.24, 2.45) is 10.9 Å². The Labute approximate surface area is 97.0 Å². The highest BCUT2D eigenvalue weighted by atomic mass is 16.3. The summed E-state index contributed by atoms with van der Waals surface area (Å²) in [6.07, 6.45) is 8.51. The normalized spacial score (nSPS) is 18.1. The van der Waals surface area contributed by atoms with Crippen molar-refractivity contribution in [1.82, 2.24) is 0 Å². The van der Waals surface area contributed by atoms with Gasteiger partial charge in [-0.15, -0.1) is 0 Å². The van der Waals surface area contributed by atoms with Crippen LogP contribution in [-0.4, -0.2) is 11.3 Å². The zero-order valence-electron chi connectivity index (χ0n) is 9.82. The summed E-state index contributed by atoms with van der Waals surface area (Å²) >= 11 is 0. The van der Waals surface area contributed by atoms with Crippen molar-refractivity contribution in [3.8, 4) is 5.75 Å². The molecular weight excluding hydrogens is 198 g/mol. The van der Waals surface area contributed by atoms with E-state index >= 15 is 0 Å². The number of rotatable bonds is 2. The molecule has 16 heavy (non-hydrogen) atoms. The number of aryl methyl sites for hydroxylation is 1. The van der Waals surface area contributed by atoms with Crippen molar-refractivity contribution in [1.29, 1.82) is 0 Å². The second-order valence-corrected chi connectivity index (χ2v) is 4.67. The van der Waals surface area contributed by atoms with Crippen LogP contribution in [0.15, 0.2) is 23.2 Å². The first-order valence-electron chi connectivity index (χ1n) is 6.09. The highest BCUT2D eigenvalue weighted by molar-refractivity contribution is 5.68. The van der Waals surface area contributed by atoms with Crippen LogP contribution in [0.25, 0.3) is 0 Å². The fraction of sp³-hybridized carbons (Fsp3) is 0.500. The molecule has 0 spiro atoms. The van der Waals surface area contributed by atoms with E-state index in [1.807, 2.05) is 25.3 Å². The molecule has 2 nitrogen and oxygen atoms in total. The minimum absolute atomic E-state index is 0.276. The quantitative estimate of drug-likeness (QED) is 0.746. The highest BCUT2D eigenvalue weighted by Gasteiger charge is 2.10. The lowest BCUT2D eigenvalue weighted by Crippen LogP contribution is -2.06. The standard InChI is InChI=1S/C14H19NO/c1-11-7-8-14(16)13(9-11)15-10-12-5-3-2-4-6-12/h7-10,12,16H,2-6H2,1H3. The minimum atomic E-state index is 0.276. The van der Waals surface area contributed by atoms with Crippen molar-refractivity contribution < 1.29 is 5.11 Å². The summed E-state index contributed by atoms with van der Waals surface area (Å²) < 4.78 is 0. The third-order valence-corrected chi connectivity index (χ3v) is 3.21. The number of hydrogen-bond donors (Lipinski definition) is 1. The molecule has 0 saturated heterocycles. The summed E-state index contributed by atoms with van der Waals surface area (Å²) in [5.74, 6) is 0.881. The number of hydrogen-bond acceptors (Lipinski definition) is 2. The topological polar surface area (TPSA) is 32.6 Å². The van der Waals surface area contributed by atoms with Crippen LogP contribution in [0.2, 0.25) is 0 Å². The molecule has 1 aromatic rings. The largest absolute Gasteiger partial charge is 0.506 e. The van der Waals surface area contributed by atoms with E-state index in [1.54, 1.807) is 6.07 Å². The number of phenols is 1. The average molecular weight is 217 g/mol. The van der Waals surface area contributed by atoms with Crippen molar-refractivity contribution in [3.05, 3.63) is 23.8 Å². The van der Waals surface area contributed by atoms with Gasteiger partial charge in [0.2, 0.25) is 0 Å². The first-order valence-corrected chi connectivity index (χ1v) is 6.09. The molecular formula is C14H19NO. The van der Waals surface area contributed by atoms with E-state index in [-0.39, 0.29) is 5.75 Å². The molecule has 0 bridgehead atoms. The second kappa shape index (κ2) is 5.15. The Morgan fingerprint density at radius 1 is 1.25 bits per heavy atom. The van der Waals surface area contributed by atoms with Crippen LogP contribution in [-0.2, 0) is 0 Å². The molecule has 0 unspecified atom stereocenters. The Bertz CT molecular complexity index is 378. The summed E-state index contributed by atoms with van der Waals surface area (Å²) in [6.45, 7) is 2.01. The Morgan fingerprint density at radius 3 is 2.75 bits per heavy atom. The summed E-state index contributed by atoms with van der Waals surface area (Å²) in [7, 11) is 0. The number of phenolic OH excluding ortho intramolecular Hbond substituents is 1. The smallest absolute Gasteiger partial charge is 0.141 e. The lowest BCUT2D eigenvalue weighted by atomic mass is 9.90. The molecule has 1 aliphatic carbocycles. The van der Waals surface area contributed by atoms with E-state index in [2.05, 4.69) is 4.99 Å². The summed E-state index contributed by atoms with van der Waals surface area (Å²) in [6, 6.07) is 5.53. The van der Waals surface area contributed by atoms with Crippen LogP contribution in [0, 0.1) is 12.8 Å². The predicted molar refractivity (Wildman–Crippen MR) is 67.6 cm³/mol. The third-order valence-electron chi connectivity index (χ3n) is 3.21. The lowest BCUT2D eigenvalue weighted by molar-refractivity contribution is 0.445. The zero-order chi connectivity index (χ0) is 11.4. The molecule has 0 aliphatic heterocycles. The van der Waals surface area contributed by atoms with Crippen LogP contribution in [0.1, 0.15) is 37.7 Å². The van der Waals surface area contributed by atoms with E-state index in [4.69, 9.17) is 0 Å². The summed E-state index contributed by atoms with van der Waals surface area (Å²) in [5, 5.41) is 9.65. The van der Waals surface area contributed by atoms with Crippen molar-refractivity contribution in [2.45, 2.75) is 39.0 Å². The third kappa shape index (κ3) is 2.84. The van der Waals surface area contributed by atoms with Crippen molar-refractivity contribution >= 4 is 11.9 Å². The Morgan fingerprint density at radius 2 is 2.00 bits per heavy atom. The monoisotopic (exact) mass is 217 g/mol. The van der Waals surface area contributed by atoms with Gasteiger partial charge in [0.1, 0.15) is 11.4 Å². The first-order chi connectivity index (χ1) is 7.75. The molecule has 0 amide bonds. The highest BCUT2D eigenvalue weighted by Crippen LogP contribution is 2.28. The van der Waals surface area contributed by atoms with E-state index in [9.17, 15) is 5.11 Å². The number of aliphatic imine (C=N–C) groups is 1. The maximum atomic E-state index is 9.65. The SMILES string of the molecule is Cc1ccc(O)c(N=CC2CCCCC2)c1. The first kappa shape index (κ1) is 11.2. The molecule has 1 saturated carbocycles. The number of nitrogens with zero attached hydrogens (tertiary/aromatic N) is 1. The molecule has 1 aliphatic rings. The van der Waals surface area contributed by atoms with Gasteiger partial charge in [0.15, 0.2) is 0 Å². The van der Waals surface area contributed by atoms with Gasteiger partial charge in [0, 0.05) is 6.21 Å². The predicted octanol–water partition coefficient (Wildman–Crippen LogP) is 3.98. The number of benzene rings is 1. The van der Waals surface area contributed by atoms with Gasteiger partial charge in [-0.25, -0.2) is 0 Å². The molecule has 2 rings (SSSR count). The van der Waals surface area contributed by atoms with E-state index < -0.39 is 0 Å². The molecule has 1 N–H and O–H groups in total. The molecule has 1 aromatic carbocycles. The van der Waals surface area contributed by atoms with Gasteiger partial charge < -0.3 is 5.11 Å². The van der Waals surface area contributed by atoms with Gasteiger partial charge in [-0.05, 0) is 43.4 Å². The van der Waals surface area contributed by atoms with Gasteiger partial charge in [-0.1, -0.05) is 25.3 Å². The summed E-state index contributed by atoms with van der Waals surface area (Å²) in [5.41, 5.74) is 1.83. The number of aromatic hydroxyl groups is 1. The van der Waals surface area contributed by atoms with Crippen molar-refractivity contribution in [2.75, 3.05) is 0 Å². The van der Waals surface area contributed by atoms with Crippen LogP contribution in [0.5, 0.6) is 5.75 Å². The Balaban J connectivity index is 2.07. The van der Waals surface area contributed by atoms with Gasteiger partial charge >= 0.3 is 0 Å². The van der Waals surface area contributed by atoms with Crippen LogP contribution >= 0.6 is 0 Å². The van der Waals surface area contributed by atoms with Gasteiger partial charge in [-0.2, -0.15) is 0 Å². The van der Waals surface area contributed by atoms with E-state index in [1.165, 1.54) is 32.1 Å². The maximum Gasteiger partial charge on any atom is 0.141 e. The molecule has 86 valence electrons. The van der Waals surface area contributed by atoms with Crippen LogP contribution in [0.3, 0.4) is 0 Å². The fourth-order valence-electron chi connectivity index (χ4n) is 2.21. The second-order valence-electron chi connectivity index (χ2n) is 4.67. The van der Waals surface area contributed by atoms with Gasteiger partial charge in [0.05, 0.1) is 0 Å². The van der Waals surface area contributed by atoms with E-state index in [0.717, 1.165) is 5.56 Å². The molecule has 2 heteroatoms.